The van der Waals surface area contributed by atoms with E-state index in [-0.39, 0.29) is 12.0 Å². The summed E-state index contributed by atoms with van der Waals surface area (Å²) in [5.41, 5.74) is 13.1. The van der Waals surface area contributed by atoms with Crippen LogP contribution < -0.4 is 5.32 Å². The molecule has 0 unspecified atom stereocenters. The zero-order valence-electron chi connectivity index (χ0n) is 16.7. The van der Waals surface area contributed by atoms with Gasteiger partial charge in [0.05, 0.1) is 0 Å². The monoisotopic (exact) mass is 392 g/mol. The van der Waals surface area contributed by atoms with Crippen molar-refractivity contribution in [1.82, 2.24) is 5.32 Å². The van der Waals surface area contributed by atoms with Gasteiger partial charge in [-0.3, -0.25) is 0 Å². The number of alkyl carbamates (subject to hydrolysis) is 1. The maximum Gasteiger partial charge on any atom is 0.407 e. The molecule has 0 fully saturated rings. The van der Waals surface area contributed by atoms with Gasteiger partial charge >= 0.3 is 6.09 Å². The van der Waals surface area contributed by atoms with Crippen molar-refractivity contribution in [3.05, 3.63) is 70.1 Å². The van der Waals surface area contributed by atoms with Crippen molar-refractivity contribution in [2.24, 2.45) is 5.11 Å². The van der Waals surface area contributed by atoms with Crippen LogP contribution in [0.15, 0.2) is 53.6 Å². The van der Waals surface area contributed by atoms with Crippen molar-refractivity contribution >= 4 is 6.09 Å². The highest BCUT2D eigenvalue weighted by atomic mass is 16.5. The van der Waals surface area contributed by atoms with E-state index in [1.54, 1.807) is 0 Å². The molecule has 0 radical (unpaired) electrons. The van der Waals surface area contributed by atoms with Gasteiger partial charge in [0.2, 0.25) is 0 Å². The van der Waals surface area contributed by atoms with Crippen LogP contribution in [0.25, 0.3) is 21.6 Å². The van der Waals surface area contributed by atoms with E-state index in [0.717, 1.165) is 38.5 Å². The third-order valence-corrected chi connectivity index (χ3v) is 5.36. The molecule has 29 heavy (non-hydrogen) atoms. The maximum atomic E-state index is 12.1. The molecule has 0 saturated heterocycles. The molecule has 0 aromatic heterocycles. The van der Waals surface area contributed by atoms with Crippen molar-refractivity contribution in [2.75, 3.05) is 19.7 Å². The minimum atomic E-state index is -0.346. The first-order valence-electron chi connectivity index (χ1n) is 10.4. The van der Waals surface area contributed by atoms with Crippen molar-refractivity contribution in [3.8, 4) is 11.1 Å². The molecule has 0 aliphatic heterocycles. The van der Waals surface area contributed by atoms with E-state index in [1.165, 1.54) is 22.3 Å². The number of carbonyl (C=O) groups is 1. The minimum Gasteiger partial charge on any atom is -0.449 e. The lowest BCUT2D eigenvalue weighted by atomic mass is 9.98. The van der Waals surface area contributed by atoms with Crippen LogP contribution in [-0.4, -0.2) is 25.8 Å². The van der Waals surface area contributed by atoms with Crippen LogP contribution in [0.4, 0.5) is 4.79 Å². The molecule has 6 nitrogen and oxygen atoms in total. The fraction of sp³-hybridized carbons (Fsp3) is 0.435. The SMILES string of the molecule is [N-]=[N+]=NCCCCCCCCNC(=O)OCC1c2ccccc2-c2ccccc21. The fourth-order valence-corrected chi connectivity index (χ4v) is 3.90. The number of nitrogens with one attached hydrogen (secondary N) is 1. The zero-order chi connectivity index (χ0) is 20.3. The lowest BCUT2D eigenvalue weighted by Gasteiger charge is -2.14. The number of azide groups is 1. The van der Waals surface area contributed by atoms with Gasteiger partial charge in [0.15, 0.2) is 0 Å². The summed E-state index contributed by atoms with van der Waals surface area (Å²) < 4.78 is 5.53. The van der Waals surface area contributed by atoms with Crippen LogP contribution in [0.3, 0.4) is 0 Å². The predicted octanol–water partition coefficient (Wildman–Crippen LogP) is 6.18. The highest BCUT2D eigenvalue weighted by molar-refractivity contribution is 5.79. The van der Waals surface area contributed by atoms with Crippen molar-refractivity contribution in [1.29, 1.82) is 0 Å². The van der Waals surface area contributed by atoms with Gasteiger partial charge in [-0.2, -0.15) is 0 Å². The molecule has 1 aliphatic carbocycles. The van der Waals surface area contributed by atoms with E-state index in [2.05, 4.69) is 39.6 Å². The third-order valence-electron chi connectivity index (χ3n) is 5.36. The highest BCUT2D eigenvalue weighted by Crippen LogP contribution is 2.44. The van der Waals surface area contributed by atoms with Crippen LogP contribution in [0.1, 0.15) is 55.6 Å². The standard InChI is InChI=1S/C23H28N4O2/c24-27-26-16-10-4-2-1-3-9-15-25-23(28)29-17-22-20-13-7-5-11-18(20)19-12-6-8-14-21(19)22/h5-8,11-14,22H,1-4,9-10,15-17H2,(H,25,28). The van der Waals surface area contributed by atoms with Crippen LogP contribution in [0.2, 0.25) is 0 Å². The first kappa shape index (κ1) is 20.7. The Hall–Kier alpha value is -2.98. The third kappa shape index (κ3) is 5.75. The molecular weight excluding hydrogens is 364 g/mol. The van der Waals surface area contributed by atoms with E-state index >= 15 is 0 Å². The fourth-order valence-electron chi connectivity index (χ4n) is 3.90. The normalized spacial score (nSPS) is 12.0. The van der Waals surface area contributed by atoms with Crippen molar-refractivity contribution in [3.63, 3.8) is 0 Å². The van der Waals surface area contributed by atoms with Gasteiger partial charge in [-0.15, -0.1) is 0 Å². The number of nitrogens with zero attached hydrogens (tertiary/aromatic N) is 3. The smallest absolute Gasteiger partial charge is 0.407 e. The maximum absolute atomic E-state index is 12.1. The second-order valence-electron chi connectivity index (χ2n) is 7.33. The first-order chi connectivity index (χ1) is 14.3. The van der Waals surface area contributed by atoms with Gasteiger partial charge in [0.25, 0.3) is 0 Å². The van der Waals surface area contributed by atoms with Gasteiger partial charge in [-0.1, -0.05) is 79.3 Å². The quantitative estimate of drug-likeness (QED) is 0.214. The average molecular weight is 393 g/mol. The van der Waals surface area contributed by atoms with Crippen LogP contribution >= 0.6 is 0 Å². The Kier molecular flexibility index (Phi) is 7.96. The van der Waals surface area contributed by atoms with Crippen LogP contribution in [0, 0.1) is 0 Å². The lowest BCUT2D eigenvalue weighted by molar-refractivity contribution is 0.143. The molecular formula is C23H28N4O2. The number of amides is 1. The van der Waals surface area contributed by atoms with Crippen molar-refractivity contribution in [2.45, 2.75) is 44.4 Å². The zero-order valence-corrected chi connectivity index (χ0v) is 16.7. The number of hydrogen-bond donors (Lipinski definition) is 1. The summed E-state index contributed by atoms with van der Waals surface area (Å²) in [6.07, 6.45) is 5.96. The molecule has 2 aromatic carbocycles. The van der Waals surface area contributed by atoms with Gasteiger partial charge in [0.1, 0.15) is 6.61 Å². The molecule has 0 atom stereocenters. The topological polar surface area (TPSA) is 87.1 Å². The summed E-state index contributed by atoms with van der Waals surface area (Å²) in [4.78, 5) is 14.8. The van der Waals surface area contributed by atoms with Gasteiger partial charge in [-0.25, -0.2) is 4.79 Å². The van der Waals surface area contributed by atoms with Gasteiger partial charge < -0.3 is 10.1 Å². The molecule has 0 saturated carbocycles. The molecule has 3 rings (SSSR count). The summed E-state index contributed by atoms with van der Waals surface area (Å²) in [6.45, 7) is 1.57. The Bertz CT molecular complexity index is 816. The number of benzene rings is 2. The molecule has 2 aromatic rings. The van der Waals surface area contributed by atoms with E-state index in [4.69, 9.17) is 10.3 Å². The van der Waals surface area contributed by atoms with E-state index in [9.17, 15) is 4.79 Å². The first-order valence-corrected chi connectivity index (χ1v) is 10.4. The van der Waals surface area contributed by atoms with Gasteiger partial charge in [-0.05, 0) is 40.6 Å². The summed E-state index contributed by atoms with van der Waals surface area (Å²) in [7, 11) is 0. The summed E-state index contributed by atoms with van der Waals surface area (Å²) >= 11 is 0. The van der Waals surface area contributed by atoms with Crippen LogP contribution in [-0.2, 0) is 4.74 Å². The molecule has 0 spiro atoms. The molecule has 6 heteroatoms. The molecule has 1 N–H and O–H groups in total. The number of unbranched alkanes of at least 4 members (excludes halogenated alkanes) is 5. The number of carbonyl (C=O) groups excluding carboxylic acids is 1. The number of hydrogen-bond acceptors (Lipinski definition) is 3. The van der Waals surface area contributed by atoms with Gasteiger partial charge in [0, 0.05) is 23.9 Å². The Morgan fingerprint density at radius 1 is 0.931 bits per heavy atom. The molecule has 1 aliphatic rings. The molecule has 0 bridgehead atoms. The lowest BCUT2D eigenvalue weighted by Crippen LogP contribution is -2.27. The Balaban J connectivity index is 1.35. The minimum absolute atomic E-state index is 0.0958. The molecule has 1 amide bonds. The Morgan fingerprint density at radius 2 is 1.52 bits per heavy atom. The summed E-state index contributed by atoms with van der Waals surface area (Å²) in [5.74, 6) is 0.0958. The number of ether oxygens (including phenoxy) is 1. The Labute approximate surface area is 171 Å². The highest BCUT2D eigenvalue weighted by Gasteiger charge is 2.28. The number of rotatable bonds is 11. The second kappa shape index (κ2) is 11.1. The summed E-state index contributed by atoms with van der Waals surface area (Å²) in [6, 6.07) is 16.7. The van der Waals surface area contributed by atoms with Crippen molar-refractivity contribution < 1.29 is 9.53 Å². The second-order valence-corrected chi connectivity index (χ2v) is 7.33. The van der Waals surface area contributed by atoms with E-state index < -0.39 is 0 Å². The molecule has 152 valence electrons. The summed E-state index contributed by atoms with van der Waals surface area (Å²) in [5, 5.41) is 6.39. The van der Waals surface area contributed by atoms with Crippen LogP contribution in [0.5, 0.6) is 0 Å². The molecule has 0 heterocycles. The van der Waals surface area contributed by atoms with E-state index in [1.807, 2.05) is 24.3 Å². The van der Waals surface area contributed by atoms with E-state index in [0.29, 0.717) is 19.7 Å². The number of fused-ring (bicyclic) bond motifs is 3. The Morgan fingerprint density at radius 3 is 2.17 bits per heavy atom. The largest absolute Gasteiger partial charge is 0.449 e. The average Bonchev–Trinajstić information content (AvgIpc) is 3.07. The predicted molar refractivity (Wildman–Crippen MR) is 115 cm³/mol.